The molecule has 0 unspecified atom stereocenters. The fourth-order valence-corrected chi connectivity index (χ4v) is 4.08. The minimum absolute atomic E-state index is 0.0845. The van der Waals surface area contributed by atoms with E-state index in [9.17, 15) is 14.4 Å². The van der Waals surface area contributed by atoms with Crippen LogP contribution in [0.2, 0.25) is 0 Å². The van der Waals surface area contributed by atoms with Crippen LogP contribution >= 0.6 is 0 Å². The third-order valence-corrected chi connectivity index (χ3v) is 5.71. The van der Waals surface area contributed by atoms with Crippen molar-refractivity contribution in [2.75, 3.05) is 20.2 Å². The van der Waals surface area contributed by atoms with Crippen LogP contribution < -0.4 is 15.4 Å². The van der Waals surface area contributed by atoms with Gasteiger partial charge in [0, 0.05) is 6.54 Å². The van der Waals surface area contributed by atoms with Crippen molar-refractivity contribution in [1.29, 1.82) is 0 Å². The van der Waals surface area contributed by atoms with Gasteiger partial charge in [0.2, 0.25) is 5.91 Å². The molecule has 3 rings (SSSR count). The highest BCUT2D eigenvalue weighted by Gasteiger charge is 2.55. The van der Waals surface area contributed by atoms with E-state index in [1.165, 1.54) is 0 Å². The summed E-state index contributed by atoms with van der Waals surface area (Å²) in [6.07, 6.45) is 4.14. The van der Waals surface area contributed by atoms with Crippen LogP contribution in [0.15, 0.2) is 24.3 Å². The number of methoxy groups -OCH3 is 1. The molecule has 1 aliphatic heterocycles. The Morgan fingerprint density at radius 2 is 2.11 bits per heavy atom. The number of nitrogens with zero attached hydrogens (tertiary/aromatic N) is 1. The highest BCUT2D eigenvalue weighted by molar-refractivity contribution is 6.09. The third-order valence-electron chi connectivity index (χ3n) is 5.71. The van der Waals surface area contributed by atoms with Crippen LogP contribution in [0.1, 0.15) is 38.2 Å². The quantitative estimate of drug-likeness (QED) is 0.745. The monoisotopic (exact) mass is 373 g/mol. The highest BCUT2D eigenvalue weighted by atomic mass is 16.5. The number of benzene rings is 1. The molecule has 1 saturated carbocycles. The van der Waals surface area contributed by atoms with Crippen molar-refractivity contribution in [2.45, 2.75) is 44.6 Å². The van der Waals surface area contributed by atoms with Gasteiger partial charge in [0.15, 0.2) is 0 Å². The Morgan fingerprint density at radius 1 is 1.33 bits per heavy atom. The first-order valence-corrected chi connectivity index (χ1v) is 9.50. The van der Waals surface area contributed by atoms with Crippen LogP contribution in [0.25, 0.3) is 0 Å². The maximum Gasteiger partial charge on any atom is 0.325 e. The van der Waals surface area contributed by atoms with Gasteiger partial charge in [0.1, 0.15) is 17.8 Å². The van der Waals surface area contributed by atoms with Gasteiger partial charge in [-0.25, -0.2) is 4.79 Å². The van der Waals surface area contributed by atoms with Gasteiger partial charge in [-0.3, -0.25) is 14.5 Å². The molecule has 1 saturated heterocycles. The van der Waals surface area contributed by atoms with Gasteiger partial charge in [0.05, 0.1) is 7.11 Å². The summed E-state index contributed by atoms with van der Waals surface area (Å²) >= 11 is 0. The molecule has 2 aliphatic rings. The third kappa shape index (κ3) is 3.77. The standard InChI is InChI=1S/C20H27N3O4/c1-14-7-5-6-11-20(14)18(25)23(19(26)22-20)13-17(24)21-12-10-15-8-3-4-9-16(15)27-2/h3-4,8-9,14H,5-7,10-13H2,1-2H3,(H,21,24)(H,22,26)/t14-,20-/m1/s1. The van der Waals surface area contributed by atoms with Crippen molar-refractivity contribution in [3.63, 3.8) is 0 Å². The number of nitrogens with one attached hydrogen (secondary N) is 2. The zero-order chi connectivity index (χ0) is 19.4. The highest BCUT2D eigenvalue weighted by Crippen LogP contribution is 2.38. The van der Waals surface area contributed by atoms with Gasteiger partial charge < -0.3 is 15.4 Å². The Morgan fingerprint density at radius 3 is 2.85 bits per heavy atom. The molecule has 7 heteroatoms. The summed E-state index contributed by atoms with van der Waals surface area (Å²) in [5, 5.41) is 5.65. The normalized spacial score (nSPS) is 24.8. The molecule has 0 bridgehead atoms. The van der Waals surface area contributed by atoms with Crippen LogP contribution in [0.5, 0.6) is 5.75 Å². The molecular weight excluding hydrogens is 346 g/mol. The van der Waals surface area contributed by atoms with Crippen LogP contribution in [0.3, 0.4) is 0 Å². The minimum Gasteiger partial charge on any atom is -0.496 e. The Balaban J connectivity index is 1.55. The van der Waals surface area contributed by atoms with Gasteiger partial charge in [0.25, 0.3) is 5.91 Å². The average Bonchev–Trinajstić information content (AvgIpc) is 2.89. The van der Waals surface area contributed by atoms with Gasteiger partial charge >= 0.3 is 6.03 Å². The number of rotatable bonds is 6. The minimum atomic E-state index is -0.826. The van der Waals surface area contributed by atoms with E-state index >= 15 is 0 Å². The SMILES string of the molecule is COc1ccccc1CCNC(=O)CN1C(=O)N[C@@]2(CCCC[C@H]2C)C1=O. The van der Waals surface area contributed by atoms with E-state index in [4.69, 9.17) is 4.74 Å². The largest absolute Gasteiger partial charge is 0.496 e. The molecule has 1 heterocycles. The molecular formula is C20H27N3O4. The van der Waals surface area contributed by atoms with Crippen molar-refractivity contribution in [3.05, 3.63) is 29.8 Å². The van der Waals surface area contributed by atoms with Gasteiger partial charge in [-0.2, -0.15) is 0 Å². The van der Waals surface area contributed by atoms with E-state index in [2.05, 4.69) is 10.6 Å². The second kappa shape index (κ2) is 7.98. The van der Waals surface area contributed by atoms with Gasteiger partial charge in [-0.15, -0.1) is 0 Å². The molecule has 2 fully saturated rings. The number of carbonyl (C=O) groups is 3. The first-order valence-electron chi connectivity index (χ1n) is 9.50. The van der Waals surface area contributed by atoms with Crippen molar-refractivity contribution in [3.8, 4) is 5.75 Å². The molecule has 7 nitrogen and oxygen atoms in total. The molecule has 27 heavy (non-hydrogen) atoms. The van der Waals surface area contributed by atoms with Crippen molar-refractivity contribution in [2.24, 2.45) is 5.92 Å². The summed E-state index contributed by atoms with van der Waals surface area (Å²) in [6, 6.07) is 7.15. The average molecular weight is 373 g/mol. The lowest BCUT2D eigenvalue weighted by molar-refractivity contribution is -0.137. The van der Waals surface area contributed by atoms with Crippen LogP contribution in [0.4, 0.5) is 4.79 Å². The maximum absolute atomic E-state index is 12.9. The number of carbonyl (C=O) groups excluding carboxylic acids is 3. The molecule has 0 radical (unpaired) electrons. The first kappa shape index (κ1) is 19.2. The number of amides is 4. The Labute approximate surface area is 159 Å². The first-order chi connectivity index (χ1) is 13.0. The lowest BCUT2D eigenvalue weighted by Gasteiger charge is -2.36. The molecule has 1 aliphatic carbocycles. The van der Waals surface area contributed by atoms with E-state index in [1.807, 2.05) is 31.2 Å². The molecule has 2 N–H and O–H groups in total. The summed E-state index contributed by atoms with van der Waals surface area (Å²) in [6.45, 7) is 2.16. The smallest absolute Gasteiger partial charge is 0.325 e. The molecule has 1 aromatic carbocycles. The molecule has 2 atom stereocenters. The van der Waals surface area contributed by atoms with Crippen molar-refractivity contribution < 1.29 is 19.1 Å². The van der Waals surface area contributed by atoms with E-state index in [0.717, 1.165) is 35.5 Å². The molecule has 4 amide bonds. The van der Waals surface area contributed by atoms with E-state index < -0.39 is 11.6 Å². The number of urea groups is 1. The molecule has 0 aromatic heterocycles. The second-order valence-corrected chi connectivity index (χ2v) is 7.35. The second-order valence-electron chi connectivity index (χ2n) is 7.35. The van der Waals surface area contributed by atoms with Crippen LogP contribution in [-0.2, 0) is 16.0 Å². The van der Waals surface area contributed by atoms with Gasteiger partial charge in [-0.1, -0.05) is 38.0 Å². The maximum atomic E-state index is 12.9. The summed E-state index contributed by atoms with van der Waals surface area (Å²) in [5.74, 6) is 0.254. The molecule has 146 valence electrons. The predicted molar refractivity (Wildman–Crippen MR) is 100 cm³/mol. The van der Waals surface area contributed by atoms with Crippen LogP contribution in [0, 0.1) is 5.92 Å². The lowest BCUT2D eigenvalue weighted by atomic mass is 9.73. The fourth-order valence-electron chi connectivity index (χ4n) is 4.08. The van der Waals surface area contributed by atoms with Crippen molar-refractivity contribution in [1.82, 2.24) is 15.5 Å². The zero-order valence-corrected chi connectivity index (χ0v) is 15.9. The van der Waals surface area contributed by atoms with Crippen LogP contribution in [-0.4, -0.2) is 48.5 Å². The Kier molecular flexibility index (Phi) is 5.68. The summed E-state index contributed by atoms with van der Waals surface area (Å²) in [4.78, 5) is 38.5. The summed E-state index contributed by atoms with van der Waals surface area (Å²) < 4.78 is 5.29. The fraction of sp³-hybridized carbons (Fsp3) is 0.550. The number of hydrogen-bond donors (Lipinski definition) is 2. The Bertz CT molecular complexity index is 736. The van der Waals surface area contributed by atoms with Gasteiger partial charge in [-0.05, 0) is 36.8 Å². The van der Waals surface area contributed by atoms with E-state index in [1.54, 1.807) is 7.11 Å². The number of ether oxygens (including phenoxy) is 1. The topological polar surface area (TPSA) is 87.7 Å². The van der Waals surface area contributed by atoms with E-state index in [-0.39, 0.29) is 24.3 Å². The summed E-state index contributed by atoms with van der Waals surface area (Å²) in [7, 11) is 1.61. The molecule has 1 spiro atoms. The number of para-hydroxylation sites is 1. The molecule has 1 aromatic rings. The summed E-state index contributed by atoms with van der Waals surface area (Å²) in [5.41, 5.74) is 0.165. The van der Waals surface area contributed by atoms with E-state index in [0.29, 0.717) is 19.4 Å². The number of hydrogen-bond acceptors (Lipinski definition) is 4. The zero-order valence-electron chi connectivity index (χ0n) is 15.9. The predicted octanol–water partition coefficient (Wildman–Crippen LogP) is 1.85. The lowest BCUT2D eigenvalue weighted by Crippen LogP contribution is -2.54. The number of imide groups is 1. The van der Waals surface area contributed by atoms with Crippen molar-refractivity contribution >= 4 is 17.8 Å². The Hall–Kier alpha value is -2.57.